The topological polar surface area (TPSA) is 89.9 Å². The molecule has 0 spiro atoms. The van der Waals surface area contributed by atoms with Crippen molar-refractivity contribution in [2.24, 2.45) is 17.8 Å². The van der Waals surface area contributed by atoms with E-state index in [9.17, 15) is 19.5 Å². The summed E-state index contributed by atoms with van der Waals surface area (Å²) in [6, 6.07) is 9.32. The highest BCUT2D eigenvalue weighted by Crippen LogP contribution is 2.43. The maximum Gasteiger partial charge on any atom is 0.317 e. The molecule has 1 aromatic carbocycles. The average Bonchev–Trinajstić information content (AvgIpc) is 2.56. The van der Waals surface area contributed by atoms with Crippen LogP contribution in [0, 0.1) is 17.8 Å². The Bertz CT molecular complexity index is 839. The molecule has 0 radical (unpaired) electrons. The molecule has 4 atom stereocenters. The molecule has 0 bridgehead atoms. The van der Waals surface area contributed by atoms with Crippen molar-refractivity contribution in [1.29, 1.82) is 0 Å². The van der Waals surface area contributed by atoms with Gasteiger partial charge in [0, 0.05) is 12.3 Å². The van der Waals surface area contributed by atoms with E-state index >= 15 is 0 Å². The van der Waals surface area contributed by atoms with E-state index in [1.54, 1.807) is 53.7 Å². The fourth-order valence-corrected chi connectivity index (χ4v) is 3.83. The Labute approximate surface area is 184 Å². The number of carbonyl (C=O) groups is 3. The third-order valence-corrected chi connectivity index (χ3v) is 4.95. The number of esters is 2. The van der Waals surface area contributed by atoms with Gasteiger partial charge < -0.3 is 14.6 Å². The monoisotopic (exact) mass is 430 g/mol. The zero-order chi connectivity index (χ0) is 23.6. The summed E-state index contributed by atoms with van der Waals surface area (Å²) in [6.45, 7) is 11.8. The first-order chi connectivity index (χ1) is 14.1. The van der Waals surface area contributed by atoms with Crippen molar-refractivity contribution in [1.82, 2.24) is 0 Å². The molecule has 31 heavy (non-hydrogen) atoms. The summed E-state index contributed by atoms with van der Waals surface area (Å²) in [7, 11) is 0. The number of Topliss-reactive ketones (excluding diaryl/α,β-unsaturated/α-hetero) is 1. The van der Waals surface area contributed by atoms with E-state index in [0.717, 1.165) is 5.56 Å². The molecule has 1 aliphatic carbocycles. The highest BCUT2D eigenvalue weighted by molar-refractivity contribution is 6.02. The zero-order valence-electron chi connectivity index (χ0n) is 19.5. The SMILES string of the molecule is CC(C)(C)OC(=O)[C@H]1C(=O)C[C@@](C)(O)[C@H](C(=O)OC(C)(C)C)[C@@H]1/C=C/c1ccccc1. The predicted molar refractivity (Wildman–Crippen MR) is 118 cm³/mol. The Balaban J connectivity index is 2.54. The van der Waals surface area contributed by atoms with E-state index in [2.05, 4.69) is 0 Å². The minimum atomic E-state index is -1.66. The van der Waals surface area contributed by atoms with Crippen LogP contribution in [-0.2, 0) is 23.9 Å². The Hall–Kier alpha value is -2.47. The number of aliphatic hydroxyl groups is 1. The number of benzene rings is 1. The molecule has 0 heterocycles. The molecule has 2 rings (SSSR count). The van der Waals surface area contributed by atoms with E-state index in [4.69, 9.17) is 9.47 Å². The third kappa shape index (κ3) is 6.76. The number of rotatable bonds is 4. The van der Waals surface area contributed by atoms with E-state index in [1.807, 2.05) is 30.3 Å². The first kappa shape index (κ1) is 24.8. The molecule has 0 aliphatic heterocycles. The lowest BCUT2D eigenvalue weighted by molar-refractivity contribution is -0.184. The molecule has 0 saturated heterocycles. The predicted octanol–water partition coefficient (Wildman–Crippen LogP) is 3.96. The summed E-state index contributed by atoms with van der Waals surface area (Å²) in [5.41, 5.74) is -2.41. The van der Waals surface area contributed by atoms with Crippen molar-refractivity contribution in [2.45, 2.75) is 71.7 Å². The summed E-state index contributed by atoms with van der Waals surface area (Å²) in [6.07, 6.45) is 3.05. The number of carbonyl (C=O) groups excluding carboxylic acids is 3. The minimum Gasteiger partial charge on any atom is -0.460 e. The van der Waals surface area contributed by atoms with Crippen LogP contribution in [0.2, 0.25) is 0 Å². The van der Waals surface area contributed by atoms with Crippen LogP contribution < -0.4 is 0 Å². The van der Waals surface area contributed by atoms with Crippen LogP contribution in [0.25, 0.3) is 6.08 Å². The van der Waals surface area contributed by atoms with E-state index in [1.165, 1.54) is 6.92 Å². The summed E-state index contributed by atoms with van der Waals surface area (Å²) in [5, 5.41) is 11.1. The Morgan fingerprint density at radius 1 is 1.00 bits per heavy atom. The third-order valence-electron chi connectivity index (χ3n) is 4.95. The molecular formula is C25H34O6. The average molecular weight is 431 g/mol. The molecule has 6 heteroatoms. The lowest BCUT2D eigenvalue weighted by Crippen LogP contribution is -2.57. The van der Waals surface area contributed by atoms with Crippen molar-refractivity contribution >= 4 is 23.8 Å². The number of ketones is 1. The number of allylic oxidation sites excluding steroid dienone is 1. The normalized spacial score (nSPS) is 27.2. The number of ether oxygens (including phenoxy) is 2. The summed E-state index contributed by atoms with van der Waals surface area (Å²) < 4.78 is 11.1. The van der Waals surface area contributed by atoms with Crippen LogP contribution in [0.5, 0.6) is 0 Å². The fraction of sp³-hybridized carbons (Fsp3) is 0.560. The lowest BCUT2D eigenvalue weighted by Gasteiger charge is -2.43. The van der Waals surface area contributed by atoms with Gasteiger partial charge in [-0.25, -0.2) is 0 Å². The molecule has 0 aromatic heterocycles. The Kier molecular flexibility index (Phi) is 7.16. The van der Waals surface area contributed by atoms with Gasteiger partial charge in [-0.1, -0.05) is 42.5 Å². The molecule has 0 amide bonds. The molecular weight excluding hydrogens is 396 g/mol. The molecule has 1 aromatic rings. The fourth-order valence-electron chi connectivity index (χ4n) is 3.83. The van der Waals surface area contributed by atoms with Crippen LogP contribution in [0.4, 0.5) is 0 Å². The Morgan fingerprint density at radius 2 is 1.52 bits per heavy atom. The molecule has 1 saturated carbocycles. The van der Waals surface area contributed by atoms with Gasteiger partial charge in [0.1, 0.15) is 17.1 Å². The van der Waals surface area contributed by atoms with Crippen molar-refractivity contribution in [3.8, 4) is 0 Å². The standard InChI is InChI=1S/C25H34O6/c1-23(2,3)30-21(27)19-17(14-13-16-11-9-8-10-12-16)20(22(28)31-24(4,5)6)25(7,29)15-18(19)26/h8-14,17,19-20,29H,15H2,1-7H3/b14-13+/t17-,19-,20+,25-/m1/s1. The van der Waals surface area contributed by atoms with Gasteiger partial charge in [-0.3, -0.25) is 14.4 Å². The Morgan fingerprint density at radius 3 is 2.03 bits per heavy atom. The van der Waals surface area contributed by atoms with Gasteiger partial charge >= 0.3 is 11.9 Å². The minimum absolute atomic E-state index is 0.337. The van der Waals surface area contributed by atoms with Crippen molar-refractivity contribution in [3.63, 3.8) is 0 Å². The maximum absolute atomic E-state index is 13.1. The van der Waals surface area contributed by atoms with Gasteiger partial charge in [0.25, 0.3) is 0 Å². The van der Waals surface area contributed by atoms with Crippen LogP contribution in [0.3, 0.4) is 0 Å². The maximum atomic E-state index is 13.1. The second-order valence-electron chi connectivity index (χ2n) is 10.4. The van der Waals surface area contributed by atoms with Crippen molar-refractivity contribution in [2.75, 3.05) is 0 Å². The summed E-state index contributed by atoms with van der Waals surface area (Å²) in [4.78, 5) is 39.1. The van der Waals surface area contributed by atoms with Crippen LogP contribution in [0.15, 0.2) is 36.4 Å². The smallest absolute Gasteiger partial charge is 0.317 e. The molecule has 6 nitrogen and oxygen atoms in total. The second kappa shape index (κ2) is 8.95. The molecule has 170 valence electrons. The molecule has 0 unspecified atom stereocenters. The van der Waals surface area contributed by atoms with Crippen molar-refractivity contribution in [3.05, 3.63) is 42.0 Å². The number of hydrogen-bond acceptors (Lipinski definition) is 6. The van der Waals surface area contributed by atoms with E-state index in [0.29, 0.717) is 0 Å². The molecule has 1 aliphatic rings. The summed E-state index contributed by atoms with van der Waals surface area (Å²) in [5.74, 6) is -5.05. The van der Waals surface area contributed by atoms with E-state index in [-0.39, 0.29) is 6.42 Å². The van der Waals surface area contributed by atoms with Gasteiger partial charge in [0.15, 0.2) is 5.78 Å². The van der Waals surface area contributed by atoms with Gasteiger partial charge in [-0.15, -0.1) is 0 Å². The molecule has 1 fully saturated rings. The molecule has 1 N–H and O–H groups in total. The quantitative estimate of drug-likeness (QED) is 0.575. The first-order valence-electron chi connectivity index (χ1n) is 10.5. The largest absolute Gasteiger partial charge is 0.460 e. The number of hydrogen-bond donors (Lipinski definition) is 1. The van der Waals surface area contributed by atoms with Gasteiger partial charge in [0.2, 0.25) is 0 Å². The van der Waals surface area contributed by atoms with Crippen LogP contribution in [-0.4, -0.2) is 39.6 Å². The van der Waals surface area contributed by atoms with Gasteiger partial charge in [0.05, 0.1) is 11.5 Å². The van der Waals surface area contributed by atoms with Crippen LogP contribution >= 0.6 is 0 Å². The first-order valence-corrected chi connectivity index (χ1v) is 10.5. The lowest BCUT2D eigenvalue weighted by atomic mass is 9.63. The highest BCUT2D eigenvalue weighted by Gasteiger charge is 2.56. The van der Waals surface area contributed by atoms with Gasteiger partial charge in [-0.05, 0) is 54.0 Å². The van der Waals surface area contributed by atoms with Crippen LogP contribution in [0.1, 0.15) is 60.5 Å². The van der Waals surface area contributed by atoms with Gasteiger partial charge in [-0.2, -0.15) is 0 Å². The second-order valence-corrected chi connectivity index (χ2v) is 10.4. The highest BCUT2D eigenvalue weighted by atomic mass is 16.6. The summed E-state index contributed by atoms with van der Waals surface area (Å²) >= 11 is 0. The van der Waals surface area contributed by atoms with Crippen molar-refractivity contribution < 1.29 is 29.0 Å². The zero-order valence-corrected chi connectivity index (χ0v) is 19.5. The van der Waals surface area contributed by atoms with E-state index < -0.39 is 52.3 Å².